The number of rotatable bonds is 5. The monoisotopic (exact) mass is 351 g/mol. The van der Waals surface area contributed by atoms with Crippen molar-refractivity contribution in [3.63, 3.8) is 0 Å². The van der Waals surface area contributed by atoms with Crippen LogP contribution in [-0.2, 0) is 13.0 Å². The summed E-state index contributed by atoms with van der Waals surface area (Å²) in [7, 11) is 0. The molecule has 26 heavy (non-hydrogen) atoms. The zero-order valence-corrected chi connectivity index (χ0v) is 15.3. The van der Waals surface area contributed by atoms with Crippen molar-refractivity contribution in [1.29, 1.82) is 0 Å². The summed E-state index contributed by atoms with van der Waals surface area (Å²) in [5.74, 6) is 1.45. The third-order valence-electron chi connectivity index (χ3n) is 5.25. The van der Waals surface area contributed by atoms with Gasteiger partial charge in [0.1, 0.15) is 0 Å². The molecule has 3 aromatic rings. The third-order valence-corrected chi connectivity index (χ3v) is 5.25. The first-order valence-corrected chi connectivity index (χ1v) is 9.28. The van der Waals surface area contributed by atoms with Gasteiger partial charge in [-0.1, -0.05) is 37.2 Å². The molecule has 5 heteroatoms. The Kier molecular flexibility index (Phi) is 4.74. The van der Waals surface area contributed by atoms with E-state index in [1.165, 1.54) is 10.9 Å². The average molecular weight is 351 g/mol. The SMILES string of the molecule is CC(C)c1cc(CN2CC(O)C(Cc3ccnc4ccccc34)C2)on1. The Hall–Kier alpha value is -2.24. The Morgan fingerprint density at radius 3 is 2.88 bits per heavy atom. The number of likely N-dealkylation sites (tertiary alicyclic amines) is 1. The quantitative estimate of drug-likeness (QED) is 0.763. The summed E-state index contributed by atoms with van der Waals surface area (Å²) in [6.45, 7) is 6.44. The standard InChI is InChI=1S/C21H25N3O2/c1-14(2)20-10-17(26-23-20)12-24-11-16(21(25)13-24)9-15-7-8-22-19-6-4-3-5-18(15)19/h3-8,10,14,16,21,25H,9,11-13H2,1-2H3. The number of para-hydroxylation sites is 1. The Morgan fingerprint density at radius 1 is 1.23 bits per heavy atom. The number of pyridine rings is 1. The second-order valence-electron chi connectivity index (χ2n) is 7.59. The normalized spacial score (nSPS) is 21.1. The first-order chi connectivity index (χ1) is 12.6. The highest BCUT2D eigenvalue weighted by Gasteiger charge is 2.32. The molecule has 0 radical (unpaired) electrons. The van der Waals surface area contributed by atoms with Crippen LogP contribution in [0, 0.1) is 5.92 Å². The Labute approximate surface area is 153 Å². The lowest BCUT2D eigenvalue weighted by Crippen LogP contribution is -2.21. The van der Waals surface area contributed by atoms with Crippen molar-refractivity contribution in [3.05, 3.63) is 59.6 Å². The fraction of sp³-hybridized carbons (Fsp3) is 0.429. The van der Waals surface area contributed by atoms with Crippen LogP contribution in [0.15, 0.2) is 47.1 Å². The van der Waals surface area contributed by atoms with Crippen molar-refractivity contribution >= 4 is 10.9 Å². The number of aromatic nitrogens is 2. The molecule has 0 amide bonds. The summed E-state index contributed by atoms with van der Waals surface area (Å²) in [4.78, 5) is 6.68. The summed E-state index contributed by atoms with van der Waals surface area (Å²) in [5, 5.41) is 15.9. The van der Waals surface area contributed by atoms with Crippen molar-refractivity contribution in [2.24, 2.45) is 5.92 Å². The van der Waals surface area contributed by atoms with Crippen LogP contribution in [0.3, 0.4) is 0 Å². The van der Waals surface area contributed by atoms with Gasteiger partial charge in [-0.2, -0.15) is 0 Å². The first-order valence-electron chi connectivity index (χ1n) is 9.28. The molecule has 0 spiro atoms. The smallest absolute Gasteiger partial charge is 0.150 e. The first kappa shape index (κ1) is 17.2. The zero-order valence-electron chi connectivity index (χ0n) is 15.3. The highest BCUT2D eigenvalue weighted by atomic mass is 16.5. The highest BCUT2D eigenvalue weighted by Crippen LogP contribution is 2.26. The lowest BCUT2D eigenvalue weighted by molar-refractivity contribution is 0.140. The summed E-state index contributed by atoms with van der Waals surface area (Å²) in [6, 6.07) is 12.3. The van der Waals surface area contributed by atoms with Gasteiger partial charge in [-0.25, -0.2) is 0 Å². The molecule has 1 aliphatic rings. The van der Waals surface area contributed by atoms with E-state index in [9.17, 15) is 5.11 Å². The Bertz CT molecular complexity index is 884. The van der Waals surface area contributed by atoms with Crippen LogP contribution in [0.1, 0.15) is 36.8 Å². The van der Waals surface area contributed by atoms with Gasteiger partial charge in [0.15, 0.2) is 5.76 Å². The minimum absolute atomic E-state index is 0.216. The molecular formula is C21H25N3O2. The molecular weight excluding hydrogens is 326 g/mol. The van der Waals surface area contributed by atoms with Gasteiger partial charge in [0.25, 0.3) is 0 Å². The van der Waals surface area contributed by atoms with Crippen LogP contribution >= 0.6 is 0 Å². The molecule has 4 rings (SSSR count). The molecule has 136 valence electrons. The molecule has 0 bridgehead atoms. The van der Waals surface area contributed by atoms with Crippen molar-refractivity contribution < 1.29 is 9.63 Å². The predicted octanol–water partition coefficient (Wildman–Crippen LogP) is 3.38. The van der Waals surface area contributed by atoms with Gasteiger partial charge in [-0.15, -0.1) is 0 Å². The van der Waals surface area contributed by atoms with E-state index in [1.54, 1.807) is 0 Å². The fourth-order valence-electron chi connectivity index (χ4n) is 3.78. The maximum absolute atomic E-state index is 10.6. The van der Waals surface area contributed by atoms with Gasteiger partial charge in [-0.05, 0) is 30.0 Å². The third kappa shape index (κ3) is 3.50. The van der Waals surface area contributed by atoms with Crippen LogP contribution in [0.25, 0.3) is 10.9 Å². The second kappa shape index (κ2) is 7.17. The van der Waals surface area contributed by atoms with Crippen LogP contribution in [-0.4, -0.2) is 39.3 Å². The van der Waals surface area contributed by atoms with Gasteiger partial charge in [0.2, 0.25) is 0 Å². The zero-order chi connectivity index (χ0) is 18.1. The molecule has 0 saturated carbocycles. The van der Waals surface area contributed by atoms with Gasteiger partial charge < -0.3 is 9.63 Å². The van der Waals surface area contributed by atoms with E-state index < -0.39 is 0 Å². The van der Waals surface area contributed by atoms with Gasteiger partial charge in [-0.3, -0.25) is 9.88 Å². The van der Waals surface area contributed by atoms with Crippen LogP contribution in [0.2, 0.25) is 0 Å². The summed E-state index contributed by atoms with van der Waals surface area (Å²) < 4.78 is 5.45. The minimum atomic E-state index is -0.325. The van der Waals surface area contributed by atoms with Gasteiger partial charge in [0, 0.05) is 36.7 Å². The number of nitrogens with zero attached hydrogens (tertiary/aromatic N) is 3. The van der Waals surface area contributed by atoms with E-state index in [4.69, 9.17) is 4.52 Å². The van der Waals surface area contributed by atoms with E-state index in [0.717, 1.165) is 29.9 Å². The second-order valence-corrected chi connectivity index (χ2v) is 7.59. The number of aliphatic hydroxyl groups excluding tert-OH is 1. The average Bonchev–Trinajstić information content (AvgIpc) is 3.23. The van der Waals surface area contributed by atoms with E-state index >= 15 is 0 Å². The van der Waals surface area contributed by atoms with Gasteiger partial charge in [0.05, 0.1) is 23.9 Å². The summed E-state index contributed by atoms with van der Waals surface area (Å²) in [6.07, 6.45) is 2.39. The molecule has 1 aromatic carbocycles. The molecule has 1 aliphatic heterocycles. The minimum Gasteiger partial charge on any atom is -0.391 e. The van der Waals surface area contributed by atoms with Crippen molar-refractivity contribution in [2.45, 2.75) is 38.8 Å². The Morgan fingerprint density at radius 2 is 2.08 bits per heavy atom. The molecule has 1 saturated heterocycles. The largest absolute Gasteiger partial charge is 0.391 e. The summed E-state index contributed by atoms with van der Waals surface area (Å²) in [5.41, 5.74) is 3.25. The van der Waals surface area contributed by atoms with E-state index in [-0.39, 0.29) is 12.0 Å². The van der Waals surface area contributed by atoms with Crippen molar-refractivity contribution in [3.8, 4) is 0 Å². The lowest BCUT2D eigenvalue weighted by Gasteiger charge is -2.15. The number of aliphatic hydroxyl groups is 1. The molecule has 2 aromatic heterocycles. The molecule has 0 aliphatic carbocycles. The van der Waals surface area contributed by atoms with Crippen molar-refractivity contribution in [1.82, 2.24) is 15.0 Å². The number of hydrogen-bond acceptors (Lipinski definition) is 5. The van der Waals surface area contributed by atoms with E-state index in [0.29, 0.717) is 19.0 Å². The molecule has 1 fully saturated rings. The topological polar surface area (TPSA) is 62.4 Å². The van der Waals surface area contributed by atoms with Crippen LogP contribution < -0.4 is 0 Å². The maximum atomic E-state index is 10.6. The summed E-state index contributed by atoms with van der Waals surface area (Å²) >= 11 is 0. The number of hydrogen-bond donors (Lipinski definition) is 1. The lowest BCUT2D eigenvalue weighted by atomic mass is 9.94. The maximum Gasteiger partial charge on any atom is 0.150 e. The highest BCUT2D eigenvalue weighted by molar-refractivity contribution is 5.81. The number of benzene rings is 1. The van der Waals surface area contributed by atoms with E-state index in [1.807, 2.05) is 30.5 Å². The predicted molar refractivity (Wildman–Crippen MR) is 101 cm³/mol. The molecule has 2 atom stereocenters. The van der Waals surface area contributed by atoms with Crippen LogP contribution in [0.4, 0.5) is 0 Å². The number of fused-ring (bicyclic) bond motifs is 1. The molecule has 3 heterocycles. The van der Waals surface area contributed by atoms with Crippen molar-refractivity contribution in [2.75, 3.05) is 13.1 Å². The molecule has 1 N–H and O–H groups in total. The number of β-amino-alcohol motifs (C(OH)–C–C–N with tert-alkyl or cyclic N) is 1. The van der Waals surface area contributed by atoms with Crippen LogP contribution in [0.5, 0.6) is 0 Å². The Balaban J connectivity index is 1.45. The molecule has 2 unspecified atom stereocenters. The van der Waals surface area contributed by atoms with E-state index in [2.05, 4.69) is 41.0 Å². The molecule has 5 nitrogen and oxygen atoms in total. The fourth-order valence-corrected chi connectivity index (χ4v) is 3.78. The van der Waals surface area contributed by atoms with Gasteiger partial charge >= 0.3 is 0 Å².